The fourth-order valence-electron chi connectivity index (χ4n) is 11.6. The molecule has 0 spiro atoms. The maximum absolute atomic E-state index is 5.50. The lowest BCUT2D eigenvalue weighted by molar-refractivity contribution is 1.07. The molecule has 76 heavy (non-hydrogen) atoms. The molecule has 0 saturated heterocycles. The van der Waals surface area contributed by atoms with Gasteiger partial charge >= 0.3 is 0 Å². The van der Waals surface area contributed by atoms with Crippen molar-refractivity contribution in [3.8, 4) is 67.9 Å². The number of nitrogens with zero attached hydrogens (tertiary/aromatic N) is 6. The summed E-state index contributed by atoms with van der Waals surface area (Å²) in [6.07, 6.45) is 2.03. The first-order valence-electron chi connectivity index (χ1n) is 25.4. The van der Waals surface area contributed by atoms with Gasteiger partial charge in [0.2, 0.25) is 0 Å². The van der Waals surface area contributed by atoms with E-state index in [0.717, 1.165) is 50.4 Å². The van der Waals surface area contributed by atoms with E-state index in [1.807, 2.05) is 65.3 Å². The molecule has 6 heterocycles. The van der Waals surface area contributed by atoms with Gasteiger partial charge in [-0.3, -0.25) is 4.98 Å². The minimum atomic E-state index is 0.551. The van der Waals surface area contributed by atoms with Crippen molar-refractivity contribution in [1.29, 1.82) is 0 Å². The van der Waals surface area contributed by atoms with E-state index in [1.54, 1.807) is 0 Å². The molecule has 0 saturated carbocycles. The highest BCUT2D eigenvalue weighted by molar-refractivity contribution is 7.26. The van der Waals surface area contributed by atoms with E-state index in [-0.39, 0.29) is 0 Å². The van der Waals surface area contributed by atoms with Gasteiger partial charge < -0.3 is 9.13 Å². The number of para-hydroxylation sites is 4. The zero-order valence-corrected chi connectivity index (χ0v) is 42.2. The van der Waals surface area contributed by atoms with E-state index in [0.29, 0.717) is 17.5 Å². The summed E-state index contributed by atoms with van der Waals surface area (Å²) >= 11 is 3.67. The Hall–Kier alpha value is -9.60. The van der Waals surface area contributed by atoms with Crippen LogP contribution in [0.3, 0.4) is 0 Å². The van der Waals surface area contributed by atoms with Crippen molar-refractivity contribution in [2.75, 3.05) is 0 Å². The van der Waals surface area contributed by atoms with Crippen molar-refractivity contribution in [3.63, 3.8) is 0 Å². The Labute approximate surface area is 443 Å². The summed E-state index contributed by atoms with van der Waals surface area (Å²) in [5.74, 6) is 1.75. The van der Waals surface area contributed by atoms with Gasteiger partial charge in [-0.25, -0.2) is 15.0 Å². The molecule has 0 bridgehead atoms. The van der Waals surface area contributed by atoms with E-state index in [1.165, 1.54) is 84.0 Å². The number of hydrogen-bond acceptors (Lipinski definition) is 6. The standard InChI is InChI=1S/C68H40N6S2/c1-5-17-41(18-6-1)66-70-67(42-19-7-2-8-20-42)72-68(71-66)54-39-45(43-29-33-57-52(37-43)61-59(75-57)35-31-50-48-25-13-15-27-55(48)73(64(50)61)46-21-9-3-10-22-46)40-69-63(54)44-30-34-58-53(38-44)62-60(76-58)36-32-51-49-26-14-16-28-56(49)74(65(51)62)47-23-11-4-12-24-47/h1-40H. The number of hydrogen-bond donors (Lipinski definition) is 0. The van der Waals surface area contributed by atoms with Crippen molar-refractivity contribution in [1.82, 2.24) is 29.1 Å². The molecule has 0 unspecified atom stereocenters. The highest BCUT2D eigenvalue weighted by atomic mass is 32.1. The summed E-state index contributed by atoms with van der Waals surface area (Å²) < 4.78 is 9.80. The van der Waals surface area contributed by atoms with Crippen LogP contribution in [0, 0.1) is 0 Å². The third-order valence-corrected chi connectivity index (χ3v) is 17.3. The molecule has 0 atom stereocenters. The first kappa shape index (κ1) is 42.9. The topological polar surface area (TPSA) is 61.4 Å². The number of aromatic nitrogens is 6. The fraction of sp³-hybridized carbons (Fsp3) is 0. The average molecular weight is 1010 g/mol. The van der Waals surface area contributed by atoms with Crippen molar-refractivity contribution >= 4 is 107 Å². The molecule has 0 aliphatic heterocycles. The van der Waals surface area contributed by atoms with E-state index >= 15 is 0 Å². The molecule has 8 heteroatoms. The molecule has 16 rings (SSSR count). The molecule has 6 nitrogen and oxygen atoms in total. The second kappa shape index (κ2) is 17.0. The van der Waals surface area contributed by atoms with Crippen LogP contribution in [0.15, 0.2) is 243 Å². The van der Waals surface area contributed by atoms with Gasteiger partial charge in [-0.2, -0.15) is 0 Å². The van der Waals surface area contributed by atoms with Gasteiger partial charge in [0, 0.05) is 107 Å². The Balaban J connectivity index is 0.951. The normalized spacial score (nSPS) is 11.9. The zero-order valence-electron chi connectivity index (χ0n) is 40.6. The minimum Gasteiger partial charge on any atom is -0.309 e. The molecule has 16 aromatic rings. The van der Waals surface area contributed by atoms with Gasteiger partial charge in [-0.05, 0) is 84.4 Å². The van der Waals surface area contributed by atoms with Gasteiger partial charge in [-0.15, -0.1) is 22.7 Å². The Morgan fingerprint density at radius 2 is 0.737 bits per heavy atom. The Morgan fingerprint density at radius 3 is 1.26 bits per heavy atom. The molecule has 354 valence electrons. The minimum absolute atomic E-state index is 0.551. The third-order valence-electron chi connectivity index (χ3n) is 15.0. The largest absolute Gasteiger partial charge is 0.309 e. The summed E-state index contributed by atoms with van der Waals surface area (Å²) in [4.78, 5) is 21.3. The second-order valence-corrected chi connectivity index (χ2v) is 21.5. The molecule has 0 N–H and O–H groups in total. The number of benzene rings is 10. The molecule has 0 aliphatic rings. The summed E-state index contributed by atoms with van der Waals surface area (Å²) in [6.45, 7) is 0. The molecular formula is C68H40N6S2. The van der Waals surface area contributed by atoms with Crippen LogP contribution in [0.2, 0.25) is 0 Å². The Kier molecular flexibility index (Phi) is 9.57. The van der Waals surface area contributed by atoms with Crippen molar-refractivity contribution in [2.24, 2.45) is 0 Å². The maximum Gasteiger partial charge on any atom is 0.166 e. The molecule has 0 fully saturated rings. The Morgan fingerprint density at radius 1 is 0.303 bits per heavy atom. The lowest BCUT2D eigenvalue weighted by Gasteiger charge is -2.14. The lowest BCUT2D eigenvalue weighted by atomic mass is 9.97. The van der Waals surface area contributed by atoms with E-state index in [9.17, 15) is 0 Å². The van der Waals surface area contributed by atoms with Gasteiger partial charge in [-0.1, -0.05) is 158 Å². The number of pyridine rings is 1. The molecule has 0 radical (unpaired) electrons. The SMILES string of the molecule is c1ccc(-c2nc(-c3ccccc3)nc(-c3cc(-c4ccc5sc6ccc7c8ccccc8n(-c8ccccc8)c7c6c5c4)cnc3-c3ccc4sc5ccc6c7ccccc7n(-c7ccccc7)c6c5c4c3)n2)cc1. The van der Waals surface area contributed by atoms with Crippen LogP contribution in [0.5, 0.6) is 0 Å². The van der Waals surface area contributed by atoms with Crippen LogP contribution < -0.4 is 0 Å². The van der Waals surface area contributed by atoms with Gasteiger partial charge in [0.05, 0.1) is 27.8 Å². The fourth-order valence-corrected chi connectivity index (χ4v) is 13.8. The smallest absolute Gasteiger partial charge is 0.166 e. The van der Waals surface area contributed by atoms with E-state index < -0.39 is 0 Å². The molecule has 0 aliphatic carbocycles. The van der Waals surface area contributed by atoms with Crippen LogP contribution in [0.1, 0.15) is 0 Å². The number of fused-ring (bicyclic) bond motifs is 14. The second-order valence-electron chi connectivity index (χ2n) is 19.3. The zero-order chi connectivity index (χ0) is 49.8. The van der Waals surface area contributed by atoms with Gasteiger partial charge in [0.1, 0.15) is 0 Å². The van der Waals surface area contributed by atoms with Crippen LogP contribution in [0.4, 0.5) is 0 Å². The predicted molar refractivity (Wildman–Crippen MR) is 319 cm³/mol. The highest BCUT2D eigenvalue weighted by Crippen LogP contribution is 2.47. The van der Waals surface area contributed by atoms with Crippen molar-refractivity contribution in [2.45, 2.75) is 0 Å². The van der Waals surface area contributed by atoms with Crippen LogP contribution in [-0.4, -0.2) is 29.1 Å². The quantitative estimate of drug-likeness (QED) is 0.160. The van der Waals surface area contributed by atoms with Crippen LogP contribution >= 0.6 is 22.7 Å². The molecule has 10 aromatic carbocycles. The lowest BCUT2D eigenvalue weighted by Crippen LogP contribution is -2.02. The molecule has 0 amide bonds. The summed E-state index contributed by atoms with van der Waals surface area (Å²) in [5.41, 5.74) is 13.5. The number of thiophene rings is 2. The predicted octanol–water partition coefficient (Wildman–Crippen LogP) is 18.5. The summed E-state index contributed by atoms with van der Waals surface area (Å²) in [7, 11) is 0. The Bertz CT molecular complexity index is 4920. The summed E-state index contributed by atoms with van der Waals surface area (Å²) in [6, 6.07) is 84.5. The first-order chi connectivity index (χ1) is 37.7. The summed E-state index contributed by atoms with van der Waals surface area (Å²) in [5, 5.41) is 9.80. The van der Waals surface area contributed by atoms with Crippen LogP contribution in [0.25, 0.3) is 152 Å². The van der Waals surface area contributed by atoms with Crippen molar-refractivity contribution < 1.29 is 0 Å². The van der Waals surface area contributed by atoms with Crippen molar-refractivity contribution in [3.05, 3.63) is 243 Å². The molecule has 6 aromatic heterocycles. The third kappa shape index (κ3) is 6.64. The molecular weight excluding hydrogens is 965 g/mol. The number of rotatable bonds is 7. The van der Waals surface area contributed by atoms with E-state index in [4.69, 9.17) is 19.9 Å². The maximum atomic E-state index is 5.50. The average Bonchev–Trinajstić information content (AvgIpc) is 4.37. The first-order valence-corrected chi connectivity index (χ1v) is 27.1. The van der Waals surface area contributed by atoms with Gasteiger partial charge in [0.15, 0.2) is 17.5 Å². The van der Waals surface area contributed by atoms with E-state index in [2.05, 4.69) is 209 Å². The van der Waals surface area contributed by atoms with Crippen LogP contribution in [-0.2, 0) is 0 Å². The highest BCUT2D eigenvalue weighted by Gasteiger charge is 2.23. The van der Waals surface area contributed by atoms with Gasteiger partial charge in [0.25, 0.3) is 0 Å². The monoisotopic (exact) mass is 1000 g/mol.